The van der Waals surface area contributed by atoms with Crippen LogP contribution in [0.5, 0.6) is 0 Å². The number of benzene rings is 1. The van der Waals surface area contributed by atoms with E-state index in [0.717, 1.165) is 42.0 Å². The zero-order chi connectivity index (χ0) is 9.97. The standard InChI is InChI=1S/C11H12BrClO/c12-10-6-9-3-5-14-4-1-2-8(9)7-11(10)13/h6-7H,1-5H2. The fourth-order valence-electron chi connectivity index (χ4n) is 1.74. The Labute approximate surface area is 97.5 Å². The molecular weight excluding hydrogens is 263 g/mol. The minimum atomic E-state index is 0.810. The van der Waals surface area contributed by atoms with E-state index < -0.39 is 0 Å². The molecule has 0 fully saturated rings. The first kappa shape index (κ1) is 10.5. The number of hydrogen-bond acceptors (Lipinski definition) is 1. The summed E-state index contributed by atoms with van der Waals surface area (Å²) in [6.45, 7) is 1.69. The number of fused-ring (bicyclic) bond motifs is 1. The molecule has 0 spiro atoms. The van der Waals surface area contributed by atoms with Crippen LogP contribution in [-0.4, -0.2) is 13.2 Å². The van der Waals surface area contributed by atoms with Gasteiger partial charge in [0.1, 0.15) is 0 Å². The number of halogens is 2. The van der Waals surface area contributed by atoms with Crippen LogP contribution in [0, 0.1) is 0 Å². The van der Waals surface area contributed by atoms with Crippen LogP contribution in [-0.2, 0) is 17.6 Å². The molecule has 1 aromatic rings. The first-order chi connectivity index (χ1) is 6.77. The summed E-state index contributed by atoms with van der Waals surface area (Å²) in [5.74, 6) is 0. The van der Waals surface area contributed by atoms with E-state index in [9.17, 15) is 0 Å². The second-order valence-electron chi connectivity index (χ2n) is 3.50. The lowest BCUT2D eigenvalue weighted by Gasteiger charge is -2.15. The maximum absolute atomic E-state index is 6.06. The summed E-state index contributed by atoms with van der Waals surface area (Å²) in [6.07, 6.45) is 3.15. The third-order valence-corrected chi connectivity index (χ3v) is 3.69. The fraction of sp³-hybridized carbons (Fsp3) is 0.455. The summed E-state index contributed by atoms with van der Waals surface area (Å²) >= 11 is 9.51. The van der Waals surface area contributed by atoms with Crippen LogP contribution >= 0.6 is 27.5 Å². The van der Waals surface area contributed by atoms with E-state index in [1.807, 2.05) is 0 Å². The third-order valence-electron chi connectivity index (χ3n) is 2.49. The van der Waals surface area contributed by atoms with Gasteiger partial charge in [0.25, 0.3) is 0 Å². The zero-order valence-electron chi connectivity index (χ0n) is 7.85. The predicted octanol–water partition coefficient (Wildman–Crippen LogP) is 3.61. The Morgan fingerprint density at radius 1 is 1.14 bits per heavy atom. The van der Waals surface area contributed by atoms with Gasteiger partial charge in [0, 0.05) is 11.1 Å². The van der Waals surface area contributed by atoms with E-state index in [1.165, 1.54) is 11.1 Å². The molecule has 0 unspecified atom stereocenters. The van der Waals surface area contributed by atoms with Crippen molar-refractivity contribution in [3.63, 3.8) is 0 Å². The van der Waals surface area contributed by atoms with Crippen molar-refractivity contribution in [1.29, 1.82) is 0 Å². The summed E-state index contributed by atoms with van der Waals surface area (Å²) in [7, 11) is 0. The molecular formula is C11H12BrClO. The van der Waals surface area contributed by atoms with E-state index in [-0.39, 0.29) is 0 Å². The van der Waals surface area contributed by atoms with Crippen LogP contribution in [0.2, 0.25) is 5.02 Å². The van der Waals surface area contributed by atoms with Gasteiger partial charge < -0.3 is 4.74 Å². The molecule has 3 heteroatoms. The SMILES string of the molecule is Clc1cc2c(cc1Br)CCOCCC2. The van der Waals surface area contributed by atoms with Gasteiger partial charge >= 0.3 is 0 Å². The molecule has 1 nitrogen and oxygen atoms in total. The number of rotatable bonds is 0. The molecule has 0 radical (unpaired) electrons. The van der Waals surface area contributed by atoms with Gasteiger partial charge in [-0.3, -0.25) is 0 Å². The first-order valence-corrected chi connectivity index (χ1v) is 5.99. The highest BCUT2D eigenvalue weighted by molar-refractivity contribution is 9.10. The van der Waals surface area contributed by atoms with Gasteiger partial charge in [-0.2, -0.15) is 0 Å². The van der Waals surface area contributed by atoms with Crippen LogP contribution in [0.25, 0.3) is 0 Å². The van der Waals surface area contributed by atoms with E-state index in [0.29, 0.717) is 0 Å². The highest BCUT2D eigenvalue weighted by atomic mass is 79.9. The van der Waals surface area contributed by atoms with Gasteiger partial charge in [0.05, 0.1) is 11.6 Å². The normalized spacial score (nSPS) is 17.0. The smallest absolute Gasteiger partial charge is 0.0551 e. The predicted molar refractivity (Wildman–Crippen MR) is 62.0 cm³/mol. The van der Waals surface area contributed by atoms with Crippen molar-refractivity contribution in [2.24, 2.45) is 0 Å². The molecule has 0 atom stereocenters. The molecule has 0 amide bonds. The van der Waals surface area contributed by atoms with Crippen LogP contribution in [0.15, 0.2) is 16.6 Å². The molecule has 14 heavy (non-hydrogen) atoms. The van der Waals surface area contributed by atoms with Crippen molar-refractivity contribution in [3.8, 4) is 0 Å². The lowest BCUT2D eigenvalue weighted by Crippen LogP contribution is -2.08. The van der Waals surface area contributed by atoms with E-state index in [1.54, 1.807) is 0 Å². The lowest BCUT2D eigenvalue weighted by molar-refractivity contribution is 0.131. The van der Waals surface area contributed by atoms with Gasteiger partial charge in [0.15, 0.2) is 0 Å². The largest absolute Gasteiger partial charge is 0.381 e. The molecule has 1 aromatic carbocycles. The van der Waals surface area contributed by atoms with Crippen molar-refractivity contribution in [1.82, 2.24) is 0 Å². The number of aryl methyl sites for hydroxylation is 1. The molecule has 0 aliphatic carbocycles. The molecule has 76 valence electrons. The monoisotopic (exact) mass is 274 g/mol. The average Bonchev–Trinajstić information content (AvgIpc) is 2.13. The summed E-state index contributed by atoms with van der Waals surface area (Å²) in [4.78, 5) is 0. The van der Waals surface area contributed by atoms with Crippen LogP contribution in [0.1, 0.15) is 17.5 Å². The Bertz CT molecular complexity index is 305. The van der Waals surface area contributed by atoms with E-state index >= 15 is 0 Å². The fourth-order valence-corrected chi connectivity index (χ4v) is 2.32. The number of hydrogen-bond donors (Lipinski definition) is 0. The van der Waals surface area contributed by atoms with Crippen LogP contribution < -0.4 is 0 Å². The molecule has 1 aliphatic rings. The third kappa shape index (κ3) is 2.30. The molecule has 1 aliphatic heterocycles. The highest BCUT2D eigenvalue weighted by Crippen LogP contribution is 2.28. The van der Waals surface area contributed by atoms with Crippen molar-refractivity contribution in [2.75, 3.05) is 13.2 Å². The molecule has 0 bridgehead atoms. The van der Waals surface area contributed by atoms with Gasteiger partial charge in [-0.05, 0) is 58.5 Å². The van der Waals surface area contributed by atoms with Gasteiger partial charge in [-0.15, -0.1) is 0 Å². The summed E-state index contributed by atoms with van der Waals surface area (Å²) in [6, 6.07) is 4.19. The molecule has 0 saturated heterocycles. The molecule has 0 N–H and O–H groups in total. The minimum Gasteiger partial charge on any atom is -0.381 e. The maximum atomic E-state index is 6.06. The first-order valence-electron chi connectivity index (χ1n) is 4.82. The topological polar surface area (TPSA) is 9.23 Å². The van der Waals surface area contributed by atoms with Gasteiger partial charge in [-0.25, -0.2) is 0 Å². The zero-order valence-corrected chi connectivity index (χ0v) is 10.2. The van der Waals surface area contributed by atoms with Crippen molar-refractivity contribution in [3.05, 3.63) is 32.8 Å². The Morgan fingerprint density at radius 2 is 1.93 bits per heavy atom. The Hall–Kier alpha value is -0.0500. The maximum Gasteiger partial charge on any atom is 0.0551 e. The lowest BCUT2D eigenvalue weighted by atomic mass is 10.00. The van der Waals surface area contributed by atoms with Gasteiger partial charge in [-0.1, -0.05) is 11.6 Å². The molecule has 2 rings (SSSR count). The Morgan fingerprint density at radius 3 is 2.79 bits per heavy atom. The summed E-state index contributed by atoms with van der Waals surface area (Å²) < 4.78 is 6.44. The summed E-state index contributed by atoms with van der Waals surface area (Å²) in [5.41, 5.74) is 2.74. The van der Waals surface area contributed by atoms with Crippen LogP contribution in [0.3, 0.4) is 0 Å². The van der Waals surface area contributed by atoms with Crippen molar-refractivity contribution < 1.29 is 4.74 Å². The highest BCUT2D eigenvalue weighted by Gasteiger charge is 2.09. The van der Waals surface area contributed by atoms with E-state index in [2.05, 4.69) is 28.1 Å². The molecule has 0 aromatic heterocycles. The van der Waals surface area contributed by atoms with Crippen molar-refractivity contribution >= 4 is 27.5 Å². The Balaban J connectivity index is 2.35. The van der Waals surface area contributed by atoms with Gasteiger partial charge in [0.2, 0.25) is 0 Å². The second kappa shape index (κ2) is 4.65. The summed E-state index contributed by atoms with van der Waals surface area (Å²) in [5, 5.41) is 0.810. The van der Waals surface area contributed by atoms with E-state index in [4.69, 9.17) is 16.3 Å². The quantitative estimate of drug-likeness (QED) is 0.703. The molecule has 1 heterocycles. The minimum absolute atomic E-state index is 0.810. The Kier molecular flexibility index (Phi) is 3.47. The van der Waals surface area contributed by atoms with Crippen LogP contribution in [0.4, 0.5) is 0 Å². The number of ether oxygens (including phenoxy) is 1. The molecule has 0 saturated carbocycles. The van der Waals surface area contributed by atoms with Crippen molar-refractivity contribution in [2.45, 2.75) is 19.3 Å². The second-order valence-corrected chi connectivity index (χ2v) is 4.76. The average molecular weight is 276 g/mol.